The van der Waals surface area contributed by atoms with E-state index in [1.807, 2.05) is 0 Å². The Morgan fingerprint density at radius 2 is 2.12 bits per heavy atom. The largest absolute Gasteiger partial charge is 0.381 e. The van der Waals surface area contributed by atoms with Crippen LogP contribution < -0.4 is 10.6 Å². The van der Waals surface area contributed by atoms with Crippen molar-refractivity contribution in [3.8, 4) is 0 Å². The quantitative estimate of drug-likeness (QED) is 0.665. The number of rotatable bonds is 3. The van der Waals surface area contributed by atoms with E-state index in [-0.39, 0.29) is 10.6 Å². The highest BCUT2D eigenvalue weighted by atomic mass is 79.9. The van der Waals surface area contributed by atoms with Crippen LogP contribution in [0.5, 0.6) is 0 Å². The molecule has 1 heterocycles. The van der Waals surface area contributed by atoms with E-state index >= 15 is 0 Å². The summed E-state index contributed by atoms with van der Waals surface area (Å²) >= 11 is 3.36. The van der Waals surface area contributed by atoms with Gasteiger partial charge in [0.05, 0.1) is 4.92 Å². The fourth-order valence-corrected chi connectivity index (χ4v) is 2.40. The third kappa shape index (κ3) is 3.17. The first-order valence-electron chi connectivity index (χ1n) is 5.58. The van der Waals surface area contributed by atoms with Crippen LogP contribution in [0.15, 0.2) is 22.7 Å². The lowest BCUT2D eigenvalue weighted by molar-refractivity contribution is -0.384. The monoisotopic (exact) mass is 299 g/mol. The zero-order valence-electron chi connectivity index (χ0n) is 9.28. The van der Waals surface area contributed by atoms with E-state index in [1.54, 1.807) is 6.07 Å². The molecule has 0 atom stereocenters. The van der Waals surface area contributed by atoms with E-state index in [0.29, 0.717) is 6.04 Å². The van der Waals surface area contributed by atoms with Gasteiger partial charge < -0.3 is 10.6 Å². The topological polar surface area (TPSA) is 67.2 Å². The van der Waals surface area contributed by atoms with Gasteiger partial charge in [0, 0.05) is 28.3 Å². The Morgan fingerprint density at radius 3 is 2.71 bits per heavy atom. The van der Waals surface area contributed by atoms with E-state index in [9.17, 15) is 10.1 Å². The van der Waals surface area contributed by atoms with Gasteiger partial charge in [-0.3, -0.25) is 10.1 Å². The number of anilines is 1. The van der Waals surface area contributed by atoms with Crippen LogP contribution in [0.2, 0.25) is 0 Å². The zero-order chi connectivity index (χ0) is 12.3. The number of piperidine rings is 1. The molecule has 0 radical (unpaired) electrons. The predicted octanol–water partition coefficient (Wildman–Crippen LogP) is 2.52. The molecule has 17 heavy (non-hydrogen) atoms. The van der Waals surface area contributed by atoms with Crippen molar-refractivity contribution in [3.05, 3.63) is 32.8 Å². The lowest BCUT2D eigenvalue weighted by Crippen LogP contribution is -2.35. The predicted molar refractivity (Wildman–Crippen MR) is 70.3 cm³/mol. The smallest absolute Gasteiger partial charge is 0.270 e. The van der Waals surface area contributed by atoms with Gasteiger partial charge in [-0.15, -0.1) is 0 Å². The van der Waals surface area contributed by atoms with E-state index < -0.39 is 0 Å². The maximum atomic E-state index is 10.6. The number of benzene rings is 1. The summed E-state index contributed by atoms with van der Waals surface area (Å²) in [6.07, 6.45) is 2.15. The first kappa shape index (κ1) is 12.3. The summed E-state index contributed by atoms with van der Waals surface area (Å²) in [5, 5.41) is 17.3. The summed E-state index contributed by atoms with van der Waals surface area (Å²) in [7, 11) is 0. The summed E-state index contributed by atoms with van der Waals surface area (Å²) in [5.74, 6) is 0. The highest BCUT2D eigenvalue weighted by Crippen LogP contribution is 2.28. The summed E-state index contributed by atoms with van der Waals surface area (Å²) in [6.45, 7) is 2.03. The van der Waals surface area contributed by atoms with Gasteiger partial charge in [-0.25, -0.2) is 0 Å². The fraction of sp³-hybridized carbons (Fsp3) is 0.455. The Bertz CT molecular complexity index is 419. The minimum Gasteiger partial charge on any atom is -0.381 e. The van der Waals surface area contributed by atoms with Crippen molar-refractivity contribution in [1.29, 1.82) is 0 Å². The Kier molecular flexibility index (Phi) is 3.96. The number of nitrogens with one attached hydrogen (secondary N) is 2. The molecule has 1 fully saturated rings. The number of halogens is 1. The summed E-state index contributed by atoms with van der Waals surface area (Å²) < 4.78 is 0.741. The summed E-state index contributed by atoms with van der Waals surface area (Å²) in [5.41, 5.74) is 1.02. The van der Waals surface area contributed by atoms with Crippen molar-refractivity contribution < 1.29 is 4.92 Å². The molecular formula is C11H14BrN3O2. The van der Waals surface area contributed by atoms with Gasteiger partial charge in [0.15, 0.2) is 0 Å². The SMILES string of the molecule is O=[N+]([O-])c1ccc(NC2CCNCC2)c(Br)c1. The molecule has 0 aliphatic carbocycles. The number of nitro groups is 1. The van der Waals surface area contributed by atoms with E-state index in [2.05, 4.69) is 26.6 Å². The lowest BCUT2D eigenvalue weighted by Gasteiger charge is -2.25. The van der Waals surface area contributed by atoms with Gasteiger partial charge in [0.1, 0.15) is 0 Å². The normalized spacial score (nSPS) is 16.8. The molecule has 1 aromatic carbocycles. The molecule has 2 rings (SSSR count). The molecule has 0 saturated carbocycles. The molecular weight excluding hydrogens is 286 g/mol. The third-order valence-electron chi connectivity index (χ3n) is 2.86. The Balaban J connectivity index is 2.08. The average molecular weight is 300 g/mol. The van der Waals surface area contributed by atoms with Crippen molar-refractivity contribution in [2.24, 2.45) is 0 Å². The molecule has 0 aromatic heterocycles. The molecule has 5 nitrogen and oxygen atoms in total. The van der Waals surface area contributed by atoms with E-state index in [0.717, 1.165) is 36.1 Å². The molecule has 6 heteroatoms. The third-order valence-corrected chi connectivity index (χ3v) is 3.52. The van der Waals surface area contributed by atoms with Gasteiger partial charge in [0.2, 0.25) is 0 Å². The number of hydrogen-bond donors (Lipinski definition) is 2. The van der Waals surface area contributed by atoms with E-state index in [4.69, 9.17) is 0 Å². The van der Waals surface area contributed by atoms with Crippen molar-refractivity contribution in [3.63, 3.8) is 0 Å². The molecule has 1 aliphatic heterocycles. The Labute approximate surface area is 108 Å². The second-order valence-corrected chi connectivity index (χ2v) is 4.94. The molecule has 2 N–H and O–H groups in total. The van der Waals surface area contributed by atoms with Crippen LogP contribution in [0.1, 0.15) is 12.8 Å². The molecule has 0 amide bonds. The molecule has 1 aliphatic rings. The molecule has 0 bridgehead atoms. The van der Waals surface area contributed by atoms with Crippen LogP contribution in [0, 0.1) is 10.1 Å². The van der Waals surface area contributed by atoms with Gasteiger partial charge in [-0.1, -0.05) is 0 Å². The molecule has 1 aromatic rings. The van der Waals surface area contributed by atoms with Crippen LogP contribution >= 0.6 is 15.9 Å². The second kappa shape index (κ2) is 5.46. The van der Waals surface area contributed by atoms with Crippen molar-refractivity contribution in [2.45, 2.75) is 18.9 Å². The lowest BCUT2D eigenvalue weighted by atomic mass is 10.1. The standard InChI is InChI=1S/C11H14BrN3O2/c12-10-7-9(15(16)17)1-2-11(10)14-8-3-5-13-6-4-8/h1-2,7-8,13-14H,3-6H2. The van der Waals surface area contributed by atoms with E-state index in [1.165, 1.54) is 12.1 Å². The van der Waals surface area contributed by atoms with Crippen LogP contribution in [0.25, 0.3) is 0 Å². The zero-order valence-corrected chi connectivity index (χ0v) is 10.9. The first-order chi connectivity index (χ1) is 8.16. The molecule has 0 unspecified atom stereocenters. The average Bonchev–Trinajstić information content (AvgIpc) is 2.33. The van der Waals surface area contributed by atoms with Gasteiger partial charge in [-0.05, 0) is 47.9 Å². The van der Waals surface area contributed by atoms with Gasteiger partial charge >= 0.3 is 0 Å². The maximum Gasteiger partial charge on any atom is 0.270 e. The molecule has 92 valence electrons. The number of nitro benzene ring substituents is 1. The van der Waals surface area contributed by atoms with Crippen LogP contribution in [-0.4, -0.2) is 24.1 Å². The summed E-state index contributed by atoms with van der Waals surface area (Å²) in [6, 6.07) is 5.25. The first-order valence-corrected chi connectivity index (χ1v) is 6.37. The van der Waals surface area contributed by atoms with Gasteiger partial charge in [0.25, 0.3) is 5.69 Å². The molecule has 1 saturated heterocycles. The highest BCUT2D eigenvalue weighted by Gasteiger charge is 2.15. The van der Waals surface area contributed by atoms with Crippen LogP contribution in [-0.2, 0) is 0 Å². The molecule has 0 spiro atoms. The van der Waals surface area contributed by atoms with Crippen LogP contribution in [0.4, 0.5) is 11.4 Å². The maximum absolute atomic E-state index is 10.6. The Morgan fingerprint density at radius 1 is 1.41 bits per heavy atom. The number of nitrogens with zero attached hydrogens (tertiary/aromatic N) is 1. The minimum absolute atomic E-state index is 0.104. The minimum atomic E-state index is -0.390. The Hall–Kier alpha value is -1.14. The fourth-order valence-electron chi connectivity index (χ4n) is 1.92. The number of hydrogen-bond acceptors (Lipinski definition) is 4. The van der Waals surface area contributed by atoms with Crippen LogP contribution in [0.3, 0.4) is 0 Å². The highest BCUT2D eigenvalue weighted by molar-refractivity contribution is 9.10. The van der Waals surface area contributed by atoms with Crippen molar-refractivity contribution >= 4 is 27.3 Å². The van der Waals surface area contributed by atoms with Gasteiger partial charge in [-0.2, -0.15) is 0 Å². The van der Waals surface area contributed by atoms with Crippen molar-refractivity contribution in [2.75, 3.05) is 18.4 Å². The second-order valence-electron chi connectivity index (χ2n) is 4.09. The summed E-state index contributed by atoms with van der Waals surface area (Å²) in [4.78, 5) is 10.2. The van der Waals surface area contributed by atoms with Crippen molar-refractivity contribution in [1.82, 2.24) is 5.32 Å². The number of non-ortho nitro benzene ring substituents is 1.